The van der Waals surface area contributed by atoms with Crippen molar-refractivity contribution in [3.63, 3.8) is 0 Å². The Morgan fingerprint density at radius 3 is 2.29 bits per heavy atom. The van der Waals surface area contributed by atoms with Crippen molar-refractivity contribution in [3.8, 4) is 5.75 Å². The van der Waals surface area contributed by atoms with E-state index in [9.17, 15) is 26.4 Å². The highest BCUT2D eigenvalue weighted by Gasteiger charge is 2.31. The Labute approximate surface area is 159 Å². The van der Waals surface area contributed by atoms with Gasteiger partial charge in [-0.05, 0) is 42.5 Å². The summed E-state index contributed by atoms with van der Waals surface area (Å²) in [6.45, 7) is 1.11. The maximum Gasteiger partial charge on any atom is 0.416 e. The first-order valence-corrected chi connectivity index (χ1v) is 9.69. The fourth-order valence-corrected chi connectivity index (χ4v) is 4.01. The van der Waals surface area contributed by atoms with Crippen LogP contribution in [0.1, 0.15) is 15.9 Å². The molecule has 0 atom stereocenters. The molecule has 0 bridgehead atoms. The molecule has 1 aliphatic heterocycles. The lowest BCUT2D eigenvalue weighted by Gasteiger charge is -2.26. The van der Waals surface area contributed by atoms with Gasteiger partial charge in [0.2, 0.25) is 10.0 Å². The van der Waals surface area contributed by atoms with Gasteiger partial charge >= 0.3 is 12.1 Å². The topological polar surface area (TPSA) is 72.9 Å². The number of carbonyl (C=O) groups is 1. The number of rotatable bonds is 4. The van der Waals surface area contributed by atoms with Crippen molar-refractivity contribution in [3.05, 3.63) is 59.7 Å². The minimum atomic E-state index is -4.58. The number of sulfonamides is 1. The fraction of sp³-hybridized carbons (Fsp3) is 0.278. The summed E-state index contributed by atoms with van der Waals surface area (Å²) in [5.41, 5.74) is -1.23. The van der Waals surface area contributed by atoms with E-state index < -0.39 is 27.7 Å². The van der Waals surface area contributed by atoms with Gasteiger partial charge in [-0.15, -0.1) is 0 Å². The first-order chi connectivity index (χ1) is 13.2. The summed E-state index contributed by atoms with van der Waals surface area (Å²) < 4.78 is 74.8. The van der Waals surface area contributed by atoms with E-state index in [1.165, 1.54) is 34.6 Å². The first-order valence-electron chi connectivity index (χ1n) is 8.25. The van der Waals surface area contributed by atoms with E-state index >= 15 is 0 Å². The molecule has 0 N–H and O–H groups in total. The smallest absolute Gasteiger partial charge is 0.416 e. The van der Waals surface area contributed by atoms with Crippen LogP contribution in [0.4, 0.5) is 13.2 Å². The van der Waals surface area contributed by atoms with Crippen molar-refractivity contribution in [2.45, 2.75) is 11.1 Å². The number of hydrogen-bond acceptors (Lipinski definition) is 5. The predicted octanol–water partition coefficient (Wildman–Crippen LogP) is 2.95. The van der Waals surface area contributed by atoms with E-state index in [4.69, 9.17) is 9.47 Å². The van der Waals surface area contributed by atoms with Gasteiger partial charge in [0.05, 0.1) is 29.2 Å². The van der Waals surface area contributed by atoms with E-state index in [1.807, 2.05) is 0 Å². The summed E-state index contributed by atoms with van der Waals surface area (Å²) in [5.74, 6) is -0.960. The van der Waals surface area contributed by atoms with Gasteiger partial charge < -0.3 is 9.47 Å². The average molecular weight is 415 g/mol. The number of halogens is 3. The molecule has 150 valence electrons. The maximum absolute atomic E-state index is 12.7. The monoisotopic (exact) mass is 415 g/mol. The van der Waals surface area contributed by atoms with E-state index in [1.54, 1.807) is 0 Å². The Morgan fingerprint density at radius 1 is 1.04 bits per heavy atom. The van der Waals surface area contributed by atoms with Crippen molar-refractivity contribution in [2.75, 3.05) is 26.3 Å². The zero-order valence-corrected chi connectivity index (χ0v) is 15.3. The molecule has 0 aromatic heterocycles. The highest BCUT2D eigenvalue weighted by atomic mass is 32.2. The zero-order chi connectivity index (χ0) is 20.4. The summed E-state index contributed by atoms with van der Waals surface area (Å²) in [7, 11) is -3.69. The molecule has 1 fully saturated rings. The van der Waals surface area contributed by atoms with Gasteiger partial charge in [0.25, 0.3) is 0 Å². The molecule has 0 spiro atoms. The molecule has 1 saturated heterocycles. The molecule has 0 unspecified atom stereocenters. The molecule has 0 aliphatic carbocycles. The van der Waals surface area contributed by atoms with Crippen LogP contribution in [0.5, 0.6) is 5.75 Å². The lowest BCUT2D eigenvalue weighted by molar-refractivity contribution is -0.137. The second kappa shape index (κ2) is 7.90. The molecule has 0 amide bonds. The number of ether oxygens (including phenoxy) is 2. The Morgan fingerprint density at radius 2 is 1.68 bits per heavy atom. The van der Waals surface area contributed by atoms with E-state index in [0.29, 0.717) is 19.3 Å². The highest BCUT2D eigenvalue weighted by Crippen LogP contribution is 2.30. The first kappa shape index (κ1) is 20.3. The standard InChI is InChI=1S/C18H16F3NO5S/c19-18(20,21)14-3-1-2-13(12-14)17(23)27-15-4-6-16(7-5-15)28(24,25)22-8-10-26-11-9-22/h1-7,12H,8-11H2. The molecule has 10 heteroatoms. The average Bonchev–Trinajstić information content (AvgIpc) is 2.68. The lowest BCUT2D eigenvalue weighted by Crippen LogP contribution is -2.40. The second-order valence-electron chi connectivity index (χ2n) is 5.96. The van der Waals surface area contributed by atoms with E-state index in [-0.39, 0.29) is 29.3 Å². The molecule has 0 radical (unpaired) electrons. The number of morpholine rings is 1. The van der Waals surface area contributed by atoms with Crippen LogP contribution in [0.15, 0.2) is 53.4 Å². The maximum atomic E-state index is 12.7. The van der Waals surface area contributed by atoms with Crippen molar-refractivity contribution in [2.24, 2.45) is 0 Å². The summed E-state index contributed by atoms with van der Waals surface area (Å²) in [4.78, 5) is 12.1. The normalized spacial score (nSPS) is 16.0. The van der Waals surface area contributed by atoms with Gasteiger partial charge in [0, 0.05) is 13.1 Å². The van der Waals surface area contributed by atoms with Crippen LogP contribution in [0.2, 0.25) is 0 Å². The van der Waals surface area contributed by atoms with Gasteiger partial charge in [-0.3, -0.25) is 0 Å². The molecule has 6 nitrogen and oxygen atoms in total. The van der Waals surface area contributed by atoms with Gasteiger partial charge in [0.1, 0.15) is 5.75 Å². The van der Waals surface area contributed by atoms with Crippen LogP contribution in [-0.2, 0) is 20.9 Å². The van der Waals surface area contributed by atoms with Gasteiger partial charge in [-0.25, -0.2) is 13.2 Å². The minimum Gasteiger partial charge on any atom is -0.423 e. The van der Waals surface area contributed by atoms with E-state index in [0.717, 1.165) is 12.1 Å². The fourth-order valence-electron chi connectivity index (χ4n) is 2.60. The Kier molecular flexibility index (Phi) is 5.73. The van der Waals surface area contributed by atoms with Crippen LogP contribution >= 0.6 is 0 Å². The largest absolute Gasteiger partial charge is 0.423 e. The Balaban J connectivity index is 1.73. The van der Waals surface area contributed by atoms with Gasteiger partial charge in [-0.1, -0.05) is 6.07 Å². The molecule has 0 saturated carbocycles. The number of alkyl halides is 3. The van der Waals surface area contributed by atoms with Crippen molar-refractivity contribution in [1.29, 1.82) is 0 Å². The van der Waals surface area contributed by atoms with Crippen molar-refractivity contribution < 1.29 is 35.9 Å². The number of nitrogens with zero attached hydrogens (tertiary/aromatic N) is 1. The SMILES string of the molecule is O=C(Oc1ccc(S(=O)(=O)N2CCOCC2)cc1)c1cccc(C(F)(F)F)c1. The summed E-state index contributed by atoms with van der Waals surface area (Å²) >= 11 is 0. The summed E-state index contributed by atoms with van der Waals surface area (Å²) in [5, 5.41) is 0. The number of esters is 1. The van der Waals surface area contributed by atoms with Crippen molar-refractivity contribution >= 4 is 16.0 Å². The van der Waals surface area contributed by atoms with Gasteiger partial charge in [0.15, 0.2) is 0 Å². The molecular formula is C18H16F3NO5S. The number of carbonyl (C=O) groups excluding carboxylic acids is 1. The molecule has 2 aromatic carbocycles. The minimum absolute atomic E-state index is 0.0170. The number of benzene rings is 2. The highest BCUT2D eigenvalue weighted by molar-refractivity contribution is 7.89. The molecule has 2 aromatic rings. The number of hydrogen-bond donors (Lipinski definition) is 0. The predicted molar refractivity (Wildman–Crippen MR) is 92.4 cm³/mol. The summed E-state index contributed by atoms with van der Waals surface area (Å²) in [6, 6.07) is 8.96. The van der Waals surface area contributed by atoms with Crippen molar-refractivity contribution in [1.82, 2.24) is 4.31 Å². The van der Waals surface area contributed by atoms with Crippen LogP contribution in [0.3, 0.4) is 0 Å². The van der Waals surface area contributed by atoms with Gasteiger partial charge in [-0.2, -0.15) is 17.5 Å². The van der Waals surface area contributed by atoms with Crippen LogP contribution in [0, 0.1) is 0 Å². The zero-order valence-electron chi connectivity index (χ0n) is 14.5. The third-order valence-corrected chi connectivity index (χ3v) is 5.98. The molecular weight excluding hydrogens is 399 g/mol. The van der Waals surface area contributed by atoms with Crippen LogP contribution < -0.4 is 4.74 Å². The Hall–Kier alpha value is -2.43. The third-order valence-electron chi connectivity index (χ3n) is 4.07. The molecule has 1 aliphatic rings. The second-order valence-corrected chi connectivity index (χ2v) is 7.89. The lowest BCUT2D eigenvalue weighted by atomic mass is 10.1. The van der Waals surface area contributed by atoms with Crippen LogP contribution in [0.25, 0.3) is 0 Å². The van der Waals surface area contributed by atoms with Crippen LogP contribution in [-0.4, -0.2) is 45.0 Å². The van der Waals surface area contributed by atoms with E-state index in [2.05, 4.69) is 0 Å². The molecule has 1 heterocycles. The quantitative estimate of drug-likeness (QED) is 0.567. The third kappa shape index (κ3) is 4.51. The molecule has 3 rings (SSSR count). The summed E-state index contributed by atoms with van der Waals surface area (Å²) in [6.07, 6.45) is -4.58. The Bertz CT molecular complexity index is 952. The molecule has 28 heavy (non-hydrogen) atoms.